The first-order valence-corrected chi connectivity index (χ1v) is 14.9. The lowest BCUT2D eigenvalue weighted by Crippen LogP contribution is -1.94. The molecule has 0 atom stereocenters. The Morgan fingerprint density at radius 3 is 1.22 bits per heavy atom. The molecule has 10 rings (SSSR count). The van der Waals surface area contributed by atoms with E-state index < -0.39 is 224 Å². The van der Waals surface area contributed by atoms with Gasteiger partial charge in [0.15, 0.2) is 0 Å². The van der Waals surface area contributed by atoms with Crippen LogP contribution in [-0.2, 0) is 0 Å². The number of fused-ring (bicyclic) bond motifs is 6. The monoisotopic (exact) mass is 664 g/mol. The Hall–Kier alpha value is -6.64. The van der Waals surface area contributed by atoms with Gasteiger partial charge in [-0.15, -0.1) is 0 Å². The third kappa shape index (κ3) is 4.57. The van der Waals surface area contributed by atoms with Crippen molar-refractivity contribution in [1.82, 2.24) is 9.13 Å². The van der Waals surface area contributed by atoms with E-state index in [4.69, 9.17) is 27.4 Å². The lowest BCUT2D eigenvalue weighted by molar-refractivity contribution is 1.18. The van der Waals surface area contributed by atoms with Gasteiger partial charge in [0.1, 0.15) is 0 Å². The van der Waals surface area contributed by atoms with Crippen molar-refractivity contribution >= 4 is 43.6 Å². The van der Waals surface area contributed by atoms with E-state index in [1.165, 1.54) is 28.8 Å². The number of hydrogen-bond acceptors (Lipinski definition) is 0. The molecule has 8 aromatic carbocycles. The fraction of sp³-hybridized carbons (Fsp3) is 0. The lowest BCUT2D eigenvalue weighted by atomic mass is 10.0. The van der Waals surface area contributed by atoms with E-state index in [2.05, 4.69) is 0 Å². The van der Waals surface area contributed by atoms with Crippen LogP contribution in [0, 0.1) is 0 Å². The molecule has 10 aromatic rings. The molecule has 2 nitrogen and oxygen atoms in total. The van der Waals surface area contributed by atoms with Crippen molar-refractivity contribution in [2.75, 3.05) is 0 Å². The number of benzene rings is 8. The summed E-state index contributed by atoms with van der Waals surface area (Å²) in [5.74, 6) is 0. The van der Waals surface area contributed by atoms with Crippen LogP contribution in [0.15, 0.2) is 193 Å². The van der Waals surface area contributed by atoms with Gasteiger partial charge in [0.2, 0.25) is 0 Å². The minimum atomic E-state index is -1.01. The summed E-state index contributed by atoms with van der Waals surface area (Å²) < 4.78 is 250. The van der Waals surface area contributed by atoms with Crippen LogP contribution in [0.3, 0.4) is 0 Å². The van der Waals surface area contributed by atoms with E-state index in [-0.39, 0.29) is 33.2 Å². The van der Waals surface area contributed by atoms with Crippen LogP contribution in [0.2, 0.25) is 0 Å². The van der Waals surface area contributed by atoms with Gasteiger partial charge >= 0.3 is 0 Å². The van der Waals surface area contributed by atoms with Gasteiger partial charge in [0, 0.05) is 32.9 Å². The van der Waals surface area contributed by atoms with Crippen molar-refractivity contribution in [3.63, 3.8) is 0 Å². The number of aromatic nitrogens is 2. The van der Waals surface area contributed by atoms with Crippen LogP contribution in [-0.4, -0.2) is 9.13 Å². The number of nitrogens with zero attached hydrogens (tertiary/aromatic N) is 2. The molecule has 2 heteroatoms. The van der Waals surface area contributed by atoms with Crippen molar-refractivity contribution < 1.29 is 38.4 Å². The summed E-state index contributed by atoms with van der Waals surface area (Å²) >= 11 is 0. The summed E-state index contributed by atoms with van der Waals surface area (Å²) in [6.07, 6.45) is 0. The first kappa shape index (κ1) is 12.0. The van der Waals surface area contributed by atoms with E-state index >= 15 is 0 Å². The van der Waals surface area contributed by atoms with Gasteiger partial charge in [-0.3, -0.25) is 0 Å². The fourth-order valence-electron chi connectivity index (χ4n) is 5.85. The molecule has 0 aliphatic heterocycles. The van der Waals surface area contributed by atoms with Crippen LogP contribution in [0.25, 0.3) is 88.4 Å². The Labute approximate surface area is 330 Å². The summed E-state index contributed by atoms with van der Waals surface area (Å²) in [5, 5.41) is -1.92. The van der Waals surface area contributed by atoms with Gasteiger partial charge < -0.3 is 9.13 Å². The molecule has 0 aliphatic rings. The Balaban J connectivity index is 1.32. The Kier molecular flexibility index (Phi) is 2.77. The van der Waals surface area contributed by atoms with E-state index in [9.17, 15) is 11.0 Å². The zero-order valence-electron chi connectivity index (χ0n) is 53.2. The highest BCUT2D eigenvalue weighted by atomic mass is 15.0. The van der Waals surface area contributed by atoms with Crippen LogP contribution in [0.4, 0.5) is 0 Å². The van der Waals surface area contributed by atoms with Gasteiger partial charge in [0.25, 0.3) is 0 Å². The molecule has 2 heterocycles. The molecule has 0 amide bonds. The highest BCUT2D eigenvalue weighted by molar-refractivity contribution is 6.12. The lowest BCUT2D eigenvalue weighted by Gasteiger charge is -2.11. The minimum Gasteiger partial charge on any atom is -0.309 e. The van der Waals surface area contributed by atoms with Crippen molar-refractivity contribution in [1.29, 1.82) is 0 Å². The summed E-state index contributed by atoms with van der Waals surface area (Å²) in [6.45, 7) is 0. The molecule has 0 saturated carbocycles. The third-order valence-electron chi connectivity index (χ3n) is 8.06. The molecule has 0 unspecified atom stereocenters. The largest absolute Gasteiger partial charge is 0.309 e. The molecule has 0 fully saturated rings. The van der Waals surface area contributed by atoms with Crippen LogP contribution >= 0.6 is 0 Å². The quantitative estimate of drug-likeness (QED) is 0.173. The second-order valence-electron chi connectivity index (χ2n) is 10.8. The van der Waals surface area contributed by atoms with Gasteiger partial charge in [-0.1, -0.05) is 133 Å². The van der Waals surface area contributed by atoms with Crippen molar-refractivity contribution in [3.05, 3.63) is 193 Å². The van der Waals surface area contributed by atoms with E-state index in [0.717, 1.165) is 4.57 Å². The highest BCUT2D eigenvalue weighted by Gasteiger charge is 2.16. The van der Waals surface area contributed by atoms with Crippen molar-refractivity contribution in [2.45, 2.75) is 0 Å². The molecule has 234 valence electrons. The Bertz CT molecular complexity index is 4370. The number of rotatable bonds is 5. The number of para-hydroxylation sites is 2. The maximum absolute atomic E-state index is 9.83. The third-order valence-corrected chi connectivity index (χ3v) is 8.06. The smallest absolute Gasteiger partial charge is 0.0645 e. The van der Waals surface area contributed by atoms with Gasteiger partial charge in [-0.2, -0.15) is 0 Å². The van der Waals surface area contributed by atoms with E-state index in [0.29, 0.717) is 0 Å². The summed E-state index contributed by atoms with van der Waals surface area (Å²) in [5.41, 5.74) is -5.64. The summed E-state index contributed by atoms with van der Waals surface area (Å²) in [4.78, 5) is 0. The maximum atomic E-state index is 9.83. The molecule has 50 heavy (non-hydrogen) atoms. The molecule has 0 saturated heterocycles. The maximum Gasteiger partial charge on any atom is 0.0645 e. The van der Waals surface area contributed by atoms with Crippen LogP contribution < -0.4 is 0 Å². The predicted molar refractivity (Wildman–Crippen MR) is 211 cm³/mol. The zero-order chi connectivity index (χ0) is 57.4. The summed E-state index contributed by atoms with van der Waals surface area (Å²) in [7, 11) is 0. The Morgan fingerprint density at radius 1 is 0.280 bits per heavy atom. The second kappa shape index (κ2) is 11.5. The fourth-order valence-corrected chi connectivity index (χ4v) is 5.85. The number of hydrogen-bond donors (Lipinski definition) is 0. The van der Waals surface area contributed by atoms with Gasteiger partial charge in [-0.05, 0) is 93.9 Å². The molecule has 2 aromatic heterocycles. The average molecular weight is 665 g/mol. The molecule has 0 spiro atoms. The SMILES string of the molecule is [2H]c1c([2H])c([2H])c(-c2ccc(-n3c4c([2H])c([2H])c([2H])c([2H])c4c4c([2H])c(-c5c([2H])c([2H])c6c(c5[2H])c5c([2H])c([2H])c([2H])c([2H])c5n6-c5c([2H])c([2H])c(-c6c([2H])c([2H])c([2H])c([2H])c6[2H])c([2H])c5[2H])c([2H])c([2H])c43)cc2)c([2H])c1[2H]. The topological polar surface area (TPSA) is 9.86 Å². The summed E-state index contributed by atoms with van der Waals surface area (Å²) in [6, 6.07) is -17.5. The van der Waals surface area contributed by atoms with E-state index in [1.54, 1.807) is 0 Å². The van der Waals surface area contributed by atoms with Gasteiger partial charge in [0.05, 0.1) is 60.4 Å². The molecular weight excluding hydrogens is 605 g/mol. The molecule has 0 bridgehead atoms. The first-order valence-electron chi connectivity index (χ1n) is 28.9. The normalized spacial score (nSPS) is 19.4. The van der Waals surface area contributed by atoms with Crippen LogP contribution in [0.5, 0.6) is 0 Å². The molecule has 0 aliphatic carbocycles. The predicted octanol–water partition coefficient (Wildman–Crippen LogP) is 12.9. The van der Waals surface area contributed by atoms with Crippen LogP contribution in [0.1, 0.15) is 38.4 Å². The zero-order valence-corrected chi connectivity index (χ0v) is 25.2. The van der Waals surface area contributed by atoms with Gasteiger partial charge in [-0.25, -0.2) is 0 Å². The molecule has 0 radical (unpaired) electrons. The molecule has 0 N–H and O–H groups in total. The van der Waals surface area contributed by atoms with Crippen molar-refractivity contribution in [2.24, 2.45) is 0 Å². The van der Waals surface area contributed by atoms with Crippen molar-refractivity contribution in [3.8, 4) is 44.8 Å². The van der Waals surface area contributed by atoms with E-state index in [1.807, 2.05) is 0 Å². The standard InChI is InChI=1S/C48H32N2/c1-3-11-33(12-4-1)35-19-25-39(26-20-35)49-45-17-9-7-15-41(45)43-31-37(23-29-47(43)49)38-24-30-48-44(32-38)42-16-8-10-18-46(42)50(48)40-27-21-36(22-28-40)34-13-5-2-6-14-34/h1-32H/i1D,2D,3D,4D,5D,6D,7D,8D,9D,10D,11D,12D,13D,14D,15D,16D,17D,18D,19D,20D,23D,24D,25D,26D,29D,30D,31D,32D. The molecular formula is C48H32N2. The second-order valence-corrected chi connectivity index (χ2v) is 10.8. The average Bonchev–Trinajstić information content (AvgIpc) is 4.19. The highest BCUT2D eigenvalue weighted by Crippen LogP contribution is 2.38. The Morgan fingerprint density at radius 2 is 0.680 bits per heavy atom. The minimum absolute atomic E-state index is 0.0471. The first-order chi connectivity index (χ1) is 36.5.